The molecule has 6 nitrogen and oxygen atoms in total. The number of benzene rings is 1. The van der Waals surface area contributed by atoms with Gasteiger partial charge in [0.05, 0.1) is 17.8 Å². The average Bonchev–Trinajstić information content (AvgIpc) is 2.84. The van der Waals surface area contributed by atoms with E-state index >= 15 is 0 Å². The molecule has 0 amide bonds. The number of rotatable bonds is 5. The van der Waals surface area contributed by atoms with Gasteiger partial charge in [-0.1, -0.05) is 11.6 Å². The highest BCUT2D eigenvalue weighted by molar-refractivity contribution is 6.32. The van der Waals surface area contributed by atoms with Crippen molar-refractivity contribution in [1.82, 2.24) is 25.5 Å². The van der Waals surface area contributed by atoms with Crippen LogP contribution in [0.4, 0.5) is 0 Å². The molecule has 18 heavy (non-hydrogen) atoms. The second-order valence-electron chi connectivity index (χ2n) is 3.68. The van der Waals surface area contributed by atoms with Gasteiger partial charge >= 0.3 is 0 Å². The molecular formula is C11H14ClN5O. The molecule has 2 aromatic rings. The smallest absolute Gasteiger partial charge is 0.157 e. The molecule has 1 heterocycles. The van der Waals surface area contributed by atoms with Gasteiger partial charge in [0.1, 0.15) is 5.75 Å². The lowest BCUT2D eigenvalue weighted by atomic mass is 10.3. The fraction of sp³-hybridized carbons (Fsp3) is 0.364. The fourth-order valence-electron chi connectivity index (χ4n) is 1.59. The minimum absolute atomic E-state index is 0.532. The Labute approximate surface area is 110 Å². The second kappa shape index (κ2) is 5.79. The molecule has 0 aliphatic heterocycles. The van der Waals surface area contributed by atoms with Crippen LogP contribution in [-0.4, -0.2) is 40.9 Å². The summed E-state index contributed by atoms with van der Waals surface area (Å²) in [4.78, 5) is 0. The summed E-state index contributed by atoms with van der Waals surface area (Å²) >= 11 is 6.08. The highest BCUT2D eigenvalue weighted by Gasteiger charge is 2.09. The lowest BCUT2D eigenvalue weighted by molar-refractivity contribution is 0.415. The number of ether oxygens (including phenoxy) is 1. The highest BCUT2D eigenvalue weighted by atomic mass is 35.5. The van der Waals surface area contributed by atoms with Crippen molar-refractivity contribution in [1.29, 1.82) is 0 Å². The van der Waals surface area contributed by atoms with Crippen molar-refractivity contribution in [2.75, 3.05) is 20.7 Å². The first-order valence-corrected chi connectivity index (χ1v) is 5.90. The second-order valence-corrected chi connectivity index (χ2v) is 4.09. The number of nitrogens with one attached hydrogen (secondary N) is 1. The molecule has 0 saturated heterocycles. The summed E-state index contributed by atoms with van der Waals surface area (Å²) < 4.78 is 6.78. The Morgan fingerprint density at radius 1 is 1.44 bits per heavy atom. The molecule has 0 spiro atoms. The minimum Gasteiger partial charge on any atom is -0.495 e. The number of tetrazole rings is 1. The van der Waals surface area contributed by atoms with Crippen LogP contribution in [0.5, 0.6) is 5.75 Å². The summed E-state index contributed by atoms with van der Waals surface area (Å²) in [5, 5.41) is 15.2. The molecule has 0 aliphatic carbocycles. The van der Waals surface area contributed by atoms with Crippen LogP contribution in [0, 0.1) is 0 Å². The molecule has 1 N–H and O–H groups in total. The van der Waals surface area contributed by atoms with E-state index < -0.39 is 0 Å². The summed E-state index contributed by atoms with van der Waals surface area (Å²) in [6.45, 7) is 0.810. The van der Waals surface area contributed by atoms with E-state index in [2.05, 4.69) is 20.8 Å². The van der Waals surface area contributed by atoms with Crippen molar-refractivity contribution in [3.8, 4) is 11.4 Å². The van der Waals surface area contributed by atoms with E-state index in [1.807, 2.05) is 13.1 Å². The maximum Gasteiger partial charge on any atom is 0.157 e. The molecule has 7 heteroatoms. The quantitative estimate of drug-likeness (QED) is 0.878. The van der Waals surface area contributed by atoms with E-state index in [0.717, 1.165) is 24.5 Å². The van der Waals surface area contributed by atoms with E-state index in [1.54, 1.807) is 23.9 Å². The van der Waals surface area contributed by atoms with Gasteiger partial charge in [-0.15, -0.1) is 5.10 Å². The highest BCUT2D eigenvalue weighted by Crippen LogP contribution is 2.26. The van der Waals surface area contributed by atoms with Gasteiger partial charge in [0.2, 0.25) is 0 Å². The number of nitrogens with zero attached hydrogens (tertiary/aromatic N) is 4. The maximum absolute atomic E-state index is 6.08. The van der Waals surface area contributed by atoms with Crippen LogP contribution in [-0.2, 0) is 6.42 Å². The molecule has 0 unspecified atom stereocenters. The molecule has 1 aromatic carbocycles. The predicted octanol–water partition coefficient (Wildman–Crippen LogP) is 1.09. The van der Waals surface area contributed by atoms with Crippen LogP contribution in [0.15, 0.2) is 18.2 Å². The fourth-order valence-corrected chi connectivity index (χ4v) is 1.84. The third-order valence-corrected chi connectivity index (χ3v) is 2.81. The zero-order chi connectivity index (χ0) is 13.0. The lowest BCUT2D eigenvalue weighted by Crippen LogP contribution is -2.14. The third-order valence-electron chi connectivity index (χ3n) is 2.51. The van der Waals surface area contributed by atoms with Gasteiger partial charge in [-0.25, -0.2) is 0 Å². The van der Waals surface area contributed by atoms with E-state index in [0.29, 0.717) is 10.8 Å². The third kappa shape index (κ3) is 2.60. The zero-order valence-corrected chi connectivity index (χ0v) is 11.0. The number of halogens is 1. The molecule has 0 bridgehead atoms. The number of aromatic nitrogens is 4. The number of hydrogen-bond donors (Lipinski definition) is 1. The maximum atomic E-state index is 6.08. The Morgan fingerprint density at radius 3 is 2.94 bits per heavy atom. The van der Waals surface area contributed by atoms with Crippen LogP contribution >= 0.6 is 11.6 Å². The molecule has 0 aliphatic rings. The Bertz CT molecular complexity index is 528. The van der Waals surface area contributed by atoms with Crippen LogP contribution in [0.2, 0.25) is 5.02 Å². The Morgan fingerprint density at radius 2 is 2.28 bits per heavy atom. The summed E-state index contributed by atoms with van der Waals surface area (Å²) in [5.41, 5.74) is 0.817. The van der Waals surface area contributed by atoms with Crippen molar-refractivity contribution in [2.24, 2.45) is 0 Å². The Kier molecular flexibility index (Phi) is 4.11. The SMILES string of the molecule is CNCCc1nnnn1-c1ccc(OC)c(Cl)c1. The molecule has 0 radical (unpaired) electrons. The lowest BCUT2D eigenvalue weighted by Gasteiger charge is -2.07. The van der Waals surface area contributed by atoms with Crippen LogP contribution in [0.3, 0.4) is 0 Å². The van der Waals surface area contributed by atoms with E-state index in [1.165, 1.54) is 0 Å². The first-order valence-electron chi connectivity index (χ1n) is 5.52. The first kappa shape index (κ1) is 12.8. The number of hydrogen-bond acceptors (Lipinski definition) is 5. The van der Waals surface area contributed by atoms with Crippen molar-refractivity contribution in [2.45, 2.75) is 6.42 Å². The Hall–Kier alpha value is -1.66. The molecular weight excluding hydrogens is 254 g/mol. The van der Waals surface area contributed by atoms with Gasteiger partial charge < -0.3 is 10.1 Å². The first-order chi connectivity index (χ1) is 8.76. The van der Waals surface area contributed by atoms with Gasteiger partial charge in [0, 0.05) is 13.0 Å². The van der Waals surface area contributed by atoms with Crippen molar-refractivity contribution < 1.29 is 4.74 Å². The summed E-state index contributed by atoms with van der Waals surface area (Å²) in [7, 11) is 3.47. The largest absolute Gasteiger partial charge is 0.495 e. The standard InChI is InChI=1S/C11H14ClN5O/c1-13-6-5-11-14-15-16-17(11)8-3-4-10(18-2)9(12)7-8/h3-4,7,13H,5-6H2,1-2H3. The monoisotopic (exact) mass is 267 g/mol. The average molecular weight is 268 g/mol. The van der Waals surface area contributed by atoms with Crippen LogP contribution < -0.4 is 10.1 Å². The summed E-state index contributed by atoms with van der Waals surface area (Å²) in [6, 6.07) is 5.44. The van der Waals surface area contributed by atoms with Gasteiger partial charge in [-0.05, 0) is 35.7 Å². The Balaban J connectivity index is 2.31. The van der Waals surface area contributed by atoms with Crippen LogP contribution in [0.1, 0.15) is 5.82 Å². The van der Waals surface area contributed by atoms with Crippen molar-refractivity contribution >= 4 is 11.6 Å². The molecule has 1 aromatic heterocycles. The van der Waals surface area contributed by atoms with Crippen molar-refractivity contribution in [3.05, 3.63) is 29.0 Å². The molecule has 96 valence electrons. The molecule has 0 atom stereocenters. The van der Waals surface area contributed by atoms with Gasteiger partial charge in [-0.3, -0.25) is 0 Å². The predicted molar refractivity (Wildman–Crippen MR) is 68.3 cm³/mol. The van der Waals surface area contributed by atoms with E-state index in [9.17, 15) is 0 Å². The zero-order valence-electron chi connectivity index (χ0n) is 10.2. The molecule has 0 fully saturated rings. The topological polar surface area (TPSA) is 64.9 Å². The minimum atomic E-state index is 0.532. The number of likely N-dealkylation sites (N-methyl/N-ethyl adjacent to an activating group) is 1. The van der Waals surface area contributed by atoms with Crippen LogP contribution in [0.25, 0.3) is 5.69 Å². The number of methoxy groups -OCH3 is 1. The normalized spacial score (nSPS) is 10.6. The van der Waals surface area contributed by atoms with Gasteiger partial charge in [0.25, 0.3) is 0 Å². The van der Waals surface area contributed by atoms with Gasteiger partial charge in [0.15, 0.2) is 5.82 Å². The summed E-state index contributed by atoms with van der Waals surface area (Å²) in [5.74, 6) is 1.41. The van der Waals surface area contributed by atoms with Crippen molar-refractivity contribution in [3.63, 3.8) is 0 Å². The molecule has 2 rings (SSSR count). The van der Waals surface area contributed by atoms with Gasteiger partial charge in [-0.2, -0.15) is 4.68 Å². The molecule has 0 saturated carbocycles. The van der Waals surface area contributed by atoms with E-state index in [4.69, 9.17) is 16.3 Å². The van der Waals surface area contributed by atoms with E-state index in [-0.39, 0.29) is 0 Å². The summed E-state index contributed by atoms with van der Waals surface area (Å²) in [6.07, 6.45) is 0.743.